The van der Waals surface area contributed by atoms with Gasteiger partial charge in [0.2, 0.25) is 0 Å². The number of halogens is 1. The summed E-state index contributed by atoms with van der Waals surface area (Å²) in [4.78, 5) is 0. The van der Waals surface area contributed by atoms with Crippen LogP contribution < -0.4 is 5.32 Å². The Labute approximate surface area is 96.8 Å². The molecule has 1 rings (SSSR count). The topological polar surface area (TPSA) is 29.9 Å². The van der Waals surface area contributed by atoms with Gasteiger partial charge in [-0.2, -0.15) is 5.10 Å². The first-order valence-electron chi connectivity index (χ1n) is 5.50. The maximum atomic E-state index is 5.91. The summed E-state index contributed by atoms with van der Waals surface area (Å²) < 4.78 is 1.94. The van der Waals surface area contributed by atoms with Crippen molar-refractivity contribution >= 4 is 11.6 Å². The largest absolute Gasteiger partial charge is 0.315 e. The lowest BCUT2D eigenvalue weighted by atomic mass is 10.1. The van der Waals surface area contributed by atoms with E-state index in [9.17, 15) is 0 Å². The zero-order valence-electron chi connectivity index (χ0n) is 9.76. The van der Waals surface area contributed by atoms with Crippen LogP contribution in [0.4, 0.5) is 0 Å². The molecule has 0 aliphatic carbocycles. The third-order valence-corrected chi connectivity index (χ3v) is 2.81. The van der Waals surface area contributed by atoms with Gasteiger partial charge in [-0.15, -0.1) is 0 Å². The molecular formula is C11H20ClN3. The molecule has 15 heavy (non-hydrogen) atoms. The summed E-state index contributed by atoms with van der Waals surface area (Å²) >= 11 is 5.91. The number of nitrogens with one attached hydrogen (secondary N) is 1. The van der Waals surface area contributed by atoms with Gasteiger partial charge in [-0.05, 0) is 25.8 Å². The molecule has 0 atom stereocenters. The van der Waals surface area contributed by atoms with E-state index < -0.39 is 0 Å². The van der Waals surface area contributed by atoms with Crippen LogP contribution in [0.25, 0.3) is 0 Å². The Morgan fingerprint density at radius 3 is 2.73 bits per heavy atom. The third kappa shape index (κ3) is 4.22. The van der Waals surface area contributed by atoms with E-state index >= 15 is 0 Å². The fraction of sp³-hybridized carbons (Fsp3) is 0.727. The number of rotatable bonds is 6. The molecule has 0 amide bonds. The number of hydrogen-bond donors (Lipinski definition) is 1. The molecule has 0 saturated heterocycles. The van der Waals surface area contributed by atoms with Gasteiger partial charge in [0.05, 0.1) is 23.5 Å². The molecule has 1 aromatic rings. The van der Waals surface area contributed by atoms with Gasteiger partial charge in [0.1, 0.15) is 0 Å². The van der Waals surface area contributed by atoms with E-state index in [1.807, 2.05) is 11.6 Å². The van der Waals surface area contributed by atoms with E-state index in [0.717, 1.165) is 36.3 Å². The maximum Gasteiger partial charge on any atom is 0.0814 e. The smallest absolute Gasteiger partial charge is 0.0814 e. The molecule has 0 aliphatic rings. The summed E-state index contributed by atoms with van der Waals surface area (Å²) in [6.07, 6.45) is 2.92. The Bertz CT molecular complexity index is 294. The lowest BCUT2D eigenvalue weighted by Gasteiger charge is -2.08. The van der Waals surface area contributed by atoms with Crippen molar-refractivity contribution < 1.29 is 0 Å². The van der Waals surface area contributed by atoms with Crippen LogP contribution in [-0.2, 0) is 6.54 Å². The molecule has 0 aromatic carbocycles. The Morgan fingerprint density at radius 2 is 2.20 bits per heavy atom. The van der Waals surface area contributed by atoms with Crippen molar-refractivity contribution in [1.29, 1.82) is 0 Å². The average molecular weight is 230 g/mol. The normalized spacial score (nSPS) is 11.3. The third-order valence-electron chi connectivity index (χ3n) is 2.44. The second-order valence-electron chi connectivity index (χ2n) is 4.23. The molecule has 1 N–H and O–H groups in total. The van der Waals surface area contributed by atoms with Crippen LogP contribution in [0, 0.1) is 12.8 Å². The van der Waals surface area contributed by atoms with E-state index in [1.54, 1.807) is 6.20 Å². The van der Waals surface area contributed by atoms with Crippen molar-refractivity contribution in [3.8, 4) is 0 Å². The summed E-state index contributed by atoms with van der Waals surface area (Å²) in [7, 11) is 0. The van der Waals surface area contributed by atoms with Gasteiger partial charge < -0.3 is 5.32 Å². The highest BCUT2D eigenvalue weighted by atomic mass is 35.5. The summed E-state index contributed by atoms with van der Waals surface area (Å²) in [6.45, 7) is 9.37. The minimum absolute atomic E-state index is 0.747. The minimum atomic E-state index is 0.747. The Hall–Kier alpha value is -0.540. The molecule has 0 fully saturated rings. The lowest BCUT2D eigenvalue weighted by molar-refractivity contribution is 0.501. The molecule has 86 valence electrons. The summed E-state index contributed by atoms with van der Waals surface area (Å²) in [6, 6.07) is 0. The van der Waals surface area contributed by atoms with Gasteiger partial charge in [0.25, 0.3) is 0 Å². The molecule has 1 aromatic heterocycles. The number of hydrogen-bond acceptors (Lipinski definition) is 2. The molecule has 1 heterocycles. The molecule has 0 bridgehead atoms. The molecule has 0 radical (unpaired) electrons. The van der Waals surface area contributed by atoms with E-state index in [0.29, 0.717) is 0 Å². The lowest BCUT2D eigenvalue weighted by Crippen LogP contribution is -2.22. The van der Waals surface area contributed by atoms with E-state index in [2.05, 4.69) is 24.3 Å². The molecule has 0 aliphatic heterocycles. The predicted molar refractivity (Wildman–Crippen MR) is 64.3 cm³/mol. The van der Waals surface area contributed by atoms with Crippen molar-refractivity contribution in [1.82, 2.24) is 15.1 Å². The predicted octanol–water partition coefficient (Wildman–Crippen LogP) is 2.48. The Kier molecular flexibility index (Phi) is 5.12. The Morgan fingerprint density at radius 1 is 1.47 bits per heavy atom. The summed E-state index contributed by atoms with van der Waals surface area (Å²) in [5.41, 5.74) is 1.04. The molecule has 0 unspecified atom stereocenters. The van der Waals surface area contributed by atoms with Crippen molar-refractivity contribution in [2.24, 2.45) is 5.92 Å². The SMILES string of the molecule is Cc1c(Cl)cnn1CCNCCC(C)C. The van der Waals surface area contributed by atoms with Crippen molar-refractivity contribution in [3.05, 3.63) is 16.9 Å². The first-order chi connectivity index (χ1) is 7.11. The van der Waals surface area contributed by atoms with Crippen LogP contribution in [0.1, 0.15) is 26.0 Å². The fourth-order valence-electron chi connectivity index (χ4n) is 1.35. The monoisotopic (exact) mass is 229 g/mol. The van der Waals surface area contributed by atoms with Gasteiger partial charge in [0.15, 0.2) is 0 Å². The second-order valence-corrected chi connectivity index (χ2v) is 4.64. The van der Waals surface area contributed by atoms with Crippen LogP contribution in [-0.4, -0.2) is 22.9 Å². The highest BCUT2D eigenvalue weighted by Gasteiger charge is 2.02. The highest BCUT2D eigenvalue weighted by molar-refractivity contribution is 6.31. The number of aromatic nitrogens is 2. The van der Waals surface area contributed by atoms with Crippen LogP contribution in [0.2, 0.25) is 5.02 Å². The van der Waals surface area contributed by atoms with Crippen LogP contribution in [0.15, 0.2) is 6.20 Å². The minimum Gasteiger partial charge on any atom is -0.315 e. The maximum absolute atomic E-state index is 5.91. The van der Waals surface area contributed by atoms with Gasteiger partial charge in [-0.3, -0.25) is 4.68 Å². The van der Waals surface area contributed by atoms with E-state index in [4.69, 9.17) is 11.6 Å². The van der Waals surface area contributed by atoms with Gasteiger partial charge in [0, 0.05) is 6.54 Å². The first-order valence-corrected chi connectivity index (χ1v) is 5.87. The second kappa shape index (κ2) is 6.13. The molecule has 4 heteroatoms. The van der Waals surface area contributed by atoms with E-state index in [-0.39, 0.29) is 0 Å². The molecule has 0 saturated carbocycles. The molecule has 3 nitrogen and oxygen atoms in total. The van der Waals surface area contributed by atoms with Crippen molar-refractivity contribution in [2.45, 2.75) is 33.7 Å². The quantitative estimate of drug-likeness (QED) is 0.760. The van der Waals surface area contributed by atoms with Crippen LogP contribution in [0.5, 0.6) is 0 Å². The zero-order chi connectivity index (χ0) is 11.3. The zero-order valence-corrected chi connectivity index (χ0v) is 10.5. The number of nitrogens with zero attached hydrogens (tertiary/aromatic N) is 2. The van der Waals surface area contributed by atoms with Crippen LogP contribution in [0.3, 0.4) is 0 Å². The Balaban J connectivity index is 2.18. The van der Waals surface area contributed by atoms with Crippen molar-refractivity contribution in [2.75, 3.05) is 13.1 Å². The van der Waals surface area contributed by atoms with Crippen molar-refractivity contribution in [3.63, 3.8) is 0 Å². The fourth-order valence-corrected chi connectivity index (χ4v) is 1.49. The summed E-state index contributed by atoms with van der Waals surface area (Å²) in [5.74, 6) is 0.762. The van der Waals surface area contributed by atoms with Gasteiger partial charge >= 0.3 is 0 Å². The first kappa shape index (κ1) is 12.5. The van der Waals surface area contributed by atoms with E-state index in [1.165, 1.54) is 6.42 Å². The van der Waals surface area contributed by atoms with Crippen LogP contribution >= 0.6 is 11.6 Å². The van der Waals surface area contributed by atoms with Gasteiger partial charge in [-0.25, -0.2) is 0 Å². The highest BCUT2D eigenvalue weighted by Crippen LogP contribution is 2.12. The molecular weight excluding hydrogens is 210 g/mol. The average Bonchev–Trinajstić information content (AvgIpc) is 2.48. The summed E-state index contributed by atoms with van der Waals surface area (Å²) in [5, 5.41) is 8.34. The standard InChI is InChI=1S/C11H20ClN3/c1-9(2)4-5-13-6-7-15-10(3)11(12)8-14-15/h8-9,13H,4-7H2,1-3H3. The molecule has 0 spiro atoms. The van der Waals surface area contributed by atoms with Gasteiger partial charge in [-0.1, -0.05) is 25.4 Å².